The van der Waals surface area contributed by atoms with Crippen LogP contribution in [0.15, 0.2) is 59.7 Å². The van der Waals surface area contributed by atoms with E-state index in [2.05, 4.69) is 41.2 Å². The van der Waals surface area contributed by atoms with Crippen molar-refractivity contribution >= 4 is 11.4 Å². The Bertz CT molecular complexity index is 568. The SMILES string of the molecule is [Li+].[Li+].c1ccc([N-]/N=C2\[CH-]CCc3ccccc32)cc1. The predicted octanol–water partition coefficient (Wildman–Crippen LogP) is -1.75. The molecule has 0 radical (unpaired) electrons. The smallest absolute Gasteiger partial charge is 0.578 e. The van der Waals surface area contributed by atoms with Gasteiger partial charge >= 0.3 is 37.7 Å². The van der Waals surface area contributed by atoms with Gasteiger partial charge in [0, 0.05) is 0 Å². The van der Waals surface area contributed by atoms with Crippen molar-refractivity contribution < 1.29 is 37.7 Å². The Hall–Kier alpha value is -1.03. The summed E-state index contributed by atoms with van der Waals surface area (Å²) < 4.78 is 0. The molecule has 0 amide bonds. The summed E-state index contributed by atoms with van der Waals surface area (Å²) in [5.41, 5.74) is 8.74. The average Bonchev–Trinajstić information content (AvgIpc) is 2.46. The minimum Gasteiger partial charge on any atom is -0.578 e. The van der Waals surface area contributed by atoms with Crippen LogP contribution in [-0.2, 0) is 6.42 Å². The van der Waals surface area contributed by atoms with E-state index < -0.39 is 0 Å². The first-order valence-electron chi connectivity index (χ1n) is 6.19. The van der Waals surface area contributed by atoms with Crippen LogP contribution in [-0.4, -0.2) is 5.71 Å². The van der Waals surface area contributed by atoms with Crippen LogP contribution in [0.5, 0.6) is 0 Å². The van der Waals surface area contributed by atoms with Gasteiger partial charge in [-0.25, -0.2) is 6.42 Å². The van der Waals surface area contributed by atoms with Gasteiger partial charge in [0.05, 0.1) is 0 Å². The molecule has 2 aromatic carbocycles. The molecule has 0 aliphatic heterocycles. The standard InChI is InChI=1S/C16H14N2.2Li/c1-2-9-14(10-3-1)17-18-16-12-6-8-13-7-4-5-11-15(13)16;;/h1-5,7,9-12H,6,8H2;;/q-2;2*+1/b18-16+;;. The molecule has 20 heavy (non-hydrogen) atoms. The number of fused-ring (bicyclic) bond motifs is 1. The molecule has 0 bridgehead atoms. The van der Waals surface area contributed by atoms with Crippen LogP contribution in [0.4, 0.5) is 5.69 Å². The van der Waals surface area contributed by atoms with Gasteiger partial charge in [-0.05, 0) is 0 Å². The first-order chi connectivity index (χ1) is 8.93. The molecule has 0 N–H and O–H groups in total. The van der Waals surface area contributed by atoms with Gasteiger partial charge in [-0.1, -0.05) is 61.4 Å². The first kappa shape index (κ1) is 17.0. The van der Waals surface area contributed by atoms with Crippen molar-refractivity contribution in [3.05, 3.63) is 77.6 Å². The molecule has 0 atom stereocenters. The normalized spacial score (nSPS) is 14.3. The number of nitrogens with zero attached hydrogens (tertiary/aromatic N) is 2. The molecule has 1 aliphatic rings. The van der Waals surface area contributed by atoms with Gasteiger partial charge in [0.2, 0.25) is 0 Å². The van der Waals surface area contributed by atoms with Crippen molar-refractivity contribution in [1.82, 2.24) is 0 Å². The second-order valence-corrected chi connectivity index (χ2v) is 4.32. The number of rotatable bonds is 2. The zero-order valence-electron chi connectivity index (χ0n) is 12.1. The van der Waals surface area contributed by atoms with E-state index in [0.717, 1.165) is 24.2 Å². The van der Waals surface area contributed by atoms with Crippen LogP contribution >= 0.6 is 0 Å². The molecule has 0 unspecified atom stereocenters. The third kappa shape index (κ3) is 3.98. The van der Waals surface area contributed by atoms with Gasteiger partial charge in [-0.3, -0.25) is 0 Å². The molecule has 0 aromatic heterocycles. The fourth-order valence-electron chi connectivity index (χ4n) is 2.16. The summed E-state index contributed by atoms with van der Waals surface area (Å²) in [5.74, 6) is 0. The minimum atomic E-state index is 0. The molecule has 2 nitrogen and oxygen atoms in total. The zero-order chi connectivity index (χ0) is 12.2. The monoisotopic (exact) mass is 248 g/mol. The van der Waals surface area contributed by atoms with Crippen LogP contribution in [0.3, 0.4) is 0 Å². The van der Waals surface area contributed by atoms with Gasteiger partial charge in [0.15, 0.2) is 0 Å². The Morgan fingerprint density at radius 1 is 0.900 bits per heavy atom. The number of aryl methyl sites for hydroxylation is 1. The first-order valence-corrected chi connectivity index (χ1v) is 6.19. The van der Waals surface area contributed by atoms with E-state index in [1.54, 1.807) is 0 Å². The van der Waals surface area contributed by atoms with Crippen LogP contribution < -0.4 is 37.7 Å². The maximum absolute atomic E-state index is 4.38. The largest absolute Gasteiger partial charge is 1.00 e. The van der Waals surface area contributed by atoms with E-state index in [9.17, 15) is 0 Å². The maximum atomic E-state index is 4.38. The molecule has 4 heteroatoms. The minimum absolute atomic E-state index is 0. The molecule has 3 rings (SSSR count). The van der Waals surface area contributed by atoms with Gasteiger partial charge in [-0.2, -0.15) is 0 Å². The summed E-state index contributed by atoms with van der Waals surface area (Å²) in [6.07, 6.45) is 4.30. The van der Waals surface area contributed by atoms with E-state index in [4.69, 9.17) is 0 Å². The number of hydrogen-bond donors (Lipinski definition) is 0. The summed E-state index contributed by atoms with van der Waals surface area (Å²) >= 11 is 0. The van der Waals surface area contributed by atoms with E-state index in [1.165, 1.54) is 11.1 Å². The molecule has 90 valence electrons. The van der Waals surface area contributed by atoms with E-state index in [1.807, 2.05) is 30.3 Å². The molecule has 0 spiro atoms. The fraction of sp³-hybridized carbons (Fsp3) is 0.125. The van der Waals surface area contributed by atoms with Crippen LogP contribution in [0.2, 0.25) is 0 Å². The Balaban J connectivity index is 0.000001000. The van der Waals surface area contributed by atoms with Gasteiger partial charge in [0.1, 0.15) is 0 Å². The number of benzene rings is 2. The van der Waals surface area contributed by atoms with Gasteiger partial charge in [0.25, 0.3) is 0 Å². The second kappa shape index (κ2) is 8.30. The van der Waals surface area contributed by atoms with Crippen LogP contribution in [0.25, 0.3) is 5.43 Å². The summed E-state index contributed by atoms with van der Waals surface area (Å²) in [6.45, 7) is 0. The van der Waals surface area contributed by atoms with Crippen molar-refractivity contribution in [3.63, 3.8) is 0 Å². The van der Waals surface area contributed by atoms with E-state index >= 15 is 0 Å². The molecular weight excluding hydrogens is 234 g/mol. The van der Waals surface area contributed by atoms with Gasteiger partial charge in [-0.15, -0.1) is 28.6 Å². The Kier molecular flexibility index (Phi) is 7.07. The molecule has 0 saturated carbocycles. The summed E-state index contributed by atoms with van der Waals surface area (Å²) in [6, 6.07) is 18.2. The summed E-state index contributed by atoms with van der Waals surface area (Å²) in [4.78, 5) is 0. The van der Waals surface area contributed by atoms with Crippen molar-refractivity contribution in [2.75, 3.05) is 0 Å². The fourth-order valence-corrected chi connectivity index (χ4v) is 2.16. The van der Waals surface area contributed by atoms with E-state index in [-0.39, 0.29) is 37.7 Å². The maximum Gasteiger partial charge on any atom is 1.00 e. The zero-order valence-corrected chi connectivity index (χ0v) is 12.1. The molecule has 2 aromatic rings. The van der Waals surface area contributed by atoms with Crippen molar-refractivity contribution in [3.8, 4) is 0 Å². The molecule has 1 aliphatic carbocycles. The third-order valence-corrected chi connectivity index (χ3v) is 3.07. The molecule has 0 fully saturated rings. The van der Waals surface area contributed by atoms with Crippen LogP contribution in [0.1, 0.15) is 17.5 Å². The third-order valence-electron chi connectivity index (χ3n) is 3.07. The van der Waals surface area contributed by atoms with Crippen LogP contribution in [0, 0.1) is 6.42 Å². The Morgan fingerprint density at radius 2 is 1.60 bits per heavy atom. The summed E-state index contributed by atoms with van der Waals surface area (Å²) in [7, 11) is 0. The Labute approximate surface area is 144 Å². The average molecular weight is 248 g/mol. The van der Waals surface area contributed by atoms with E-state index in [0.29, 0.717) is 0 Å². The van der Waals surface area contributed by atoms with Gasteiger partial charge < -0.3 is 10.5 Å². The molecule has 0 heterocycles. The Morgan fingerprint density at radius 3 is 2.40 bits per heavy atom. The van der Waals surface area contributed by atoms with Crippen molar-refractivity contribution in [2.45, 2.75) is 12.8 Å². The topological polar surface area (TPSA) is 26.5 Å². The molecular formula is C16H14Li2N2. The number of hydrogen-bond acceptors (Lipinski definition) is 1. The van der Waals surface area contributed by atoms with Crippen molar-refractivity contribution in [2.24, 2.45) is 5.10 Å². The molecule has 0 saturated heterocycles. The predicted molar refractivity (Wildman–Crippen MR) is 75.1 cm³/mol. The summed E-state index contributed by atoms with van der Waals surface area (Å²) in [5, 5.41) is 4.38. The van der Waals surface area contributed by atoms with Crippen molar-refractivity contribution in [1.29, 1.82) is 0 Å². The second-order valence-electron chi connectivity index (χ2n) is 4.32. The quantitative estimate of drug-likeness (QED) is 0.342.